The van der Waals surface area contributed by atoms with Crippen molar-refractivity contribution in [2.75, 3.05) is 5.73 Å². The van der Waals surface area contributed by atoms with E-state index in [0.29, 0.717) is 0 Å². The lowest BCUT2D eigenvalue weighted by Crippen LogP contribution is -2.02. The van der Waals surface area contributed by atoms with Gasteiger partial charge in [-0.15, -0.1) is 12.4 Å². The van der Waals surface area contributed by atoms with Gasteiger partial charge in [0.05, 0.1) is 5.56 Å². The van der Waals surface area contributed by atoms with Gasteiger partial charge in [-0.25, -0.2) is 4.39 Å². The Balaban J connectivity index is 0.00000121. The van der Waals surface area contributed by atoms with Crippen LogP contribution in [0.5, 0.6) is 0 Å². The normalized spacial score (nSPS) is 8.83. The molecule has 0 atom stereocenters. The zero-order chi connectivity index (χ0) is 8.43. The summed E-state index contributed by atoms with van der Waals surface area (Å²) in [5.74, 6) is -0.905. The van der Waals surface area contributed by atoms with Gasteiger partial charge in [-0.2, -0.15) is 0 Å². The quantitative estimate of drug-likeness (QED) is 0.543. The number of Topliss-reactive ketones (excluding diaryl/α,β-unsaturated/α-hetero) is 1. The summed E-state index contributed by atoms with van der Waals surface area (Å²) >= 11 is 0. The Hall–Kier alpha value is -1.09. The minimum Gasteiger partial charge on any atom is -0.398 e. The van der Waals surface area contributed by atoms with Crippen molar-refractivity contribution in [1.29, 1.82) is 0 Å². The second-order valence-electron chi connectivity index (χ2n) is 2.26. The minimum atomic E-state index is -0.558. The molecule has 0 unspecified atom stereocenters. The molecule has 0 heterocycles. The largest absolute Gasteiger partial charge is 0.398 e. The molecule has 1 aromatic carbocycles. The predicted octanol–water partition coefficient (Wildman–Crippen LogP) is 2.03. The fourth-order valence-electron chi connectivity index (χ4n) is 0.912. The van der Waals surface area contributed by atoms with E-state index in [9.17, 15) is 9.18 Å². The molecular weight excluding hydrogens is 181 g/mol. The molecule has 0 aliphatic rings. The van der Waals surface area contributed by atoms with Gasteiger partial charge in [0.2, 0.25) is 0 Å². The van der Waals surface area contributed by atoms with Gasteiger partial charge >= 0.3 is 0 Å². The van der Waals surface area contributed by atoms with Crippen molar-refractivity contribution in [1.82, 2.24) is 0 Å². The van der Waals surface area contributed by atoms with E-state index in [-0.39, 0.29) is 29.4 Å². The van der Waals surface area contributed by atoms with Crippen LogP contribution in [0.15, 0.2) is 18.2 Å². The SMILES string of the molecule is CC(=O)c1c(N)cccc1F.Cl. The number of carbonyl (C=O) groups is 1. The lowest BCUT2D eigenvalue weighted by Gasteiger charge is -2.00. The van der Waals surface area contributed by atoms with E-state index in [1.165, 1.54) is 25.1 Å². The summed E-state index contributed by atoms with van der Waals surface area (Å²) in [6.45, 7) is 1.29. The highest BCUT2D eigenvalue weighted by Crippen LogP contribution is 2.15. The van der Waals surface area contributed by atoms with Crippen molar-refractivity contribution in [3.63, 3.8) is 0 Å². The molecule has 0 bridgehead atoms. The van der Waals surface area contributed by atoms with Gasteiger partial charge in [0, 0.05) is 5.69 Å². The van der Waals surface area contributed by atoms with Gasteiger partial charge < -0.3 is 5.73 Å². The monoisotopic (exact) mass is 189 g/mol. The Morgan fingerprint density at radius 2 is 2.08 bits per heavy atom. The van der Waals surface area contributed by atoms with Crippen LogP contribution < -0.4 is 5.73 Å². The van der Waals surface area contributed by atoms with Gasteiger partial charge in [0.1, 0.15) is 5.82 Å². The van der Waals surface area contributed by atoms with E-state index in [0.717, 1.165) is 0 Å². The topological polar surface area (TPSA) is 43.1 Å². The molecule has 0 radical (unpaired) electrons. The van der Waals surface area contributed by atoms with E-state index in [2.05, 4.69) is 0 Å². The number of hydrogen-bond acceptors (Lipinski definition) is 2. The molecule has 66 valence electrons. The molecule has 0 aliphatic heterocycles. The number of carbonyl (C=O) groups excluding carboxylic acids is 1. The molecule has 12 heavy (non-hydrogen) atoms. The van der Waals surface area contributed by atoms with Gasteiger partial charge in [-0.3, -0.25) is 4.79 Å². The number of rotatable bonds is 1. The molecule has 4 heteroatoms. The van der Waals surface area contributed by atoms with Crippen LogP contribution in [-0.4, -0.2) is 5.78 Å². The first-order chi connectivity index (χ1) is 5.13. The van der Waals surface area contributed by atoms with Crippen molar-refractivity contribution < 1.29 is 9.18 Å². The highest BCUT2D eigenvalue weighted by molar-refractivity contribution is 5.99. The van der Waals surface area contributed by atoms with Gasteiger partial charge in [0.15, 0.2) is 5.78 Å². The van der Waals surface area contributed by atoms with Crippen molar-refractivity contribution in [3.05, 3.63) is 29.6 Å². The molecule has 0 fully saturated rings. The maximum Gasteiger partial charge on any atom is 0.164 e. The number of halogens is 2. The van der Waals surface area contributed by atoms with Crippen LogP contribution in [0, 0.1) is 5.82 Å². The summed E-state index contributed by atoms with van der Waals surface area (Å²) in [6, 6.07) is 4.18. The van der Waals surface area contributed by atoms with Crippen molar-refractivity contribution in [3.8, 4) is 0 Å². The average Bonchev–Trinajstić information content (AvgIpc) is 1.85. The van der Waals surface area contributed by atoms with Crippen LogP contribution in [0.4, 0.5) is 10.1 Å². The Bertz CT molecular complexity index is 281. The Morgan fingerprint density at radius 3 is 2.42 bits per heavy atom. The van der Waals surface area contributed by atoms with E-state index in [4.69, 9.17) is 5.73 Å². The lowest BCUT2D eigenvalue weighted by atomic mass is 10.1. The molecule has 1 rings (SSSR count). The number of hydrogen-bond donors (Lipinski definition) is 1. The van der Waals surface area contributed by atoms with Crippen LogP contribution in [0.1, 0.15) is 17.3 Å². The van der Waals surface area contributed by atoms with Crippen LogP contribution in [0.3, 0.4) is 0 Å². The number of benzene rings is 1. The first-order valence-corrected chi connectivity index (χ1v) is 3.18. The molecule has 0 saturated heterocycles. The van der Waals surface area contributed by atoms with E-state index >= 15 is 0 Å². The second-order valence-corrected chi connectivity index (χ2v) is 2.26. The third-order valence-corrected chi connectivity index (χ3v) is 1.40. The second kappa shape index (κ2) is 4.07. The van der Waals surface area contributed by atoms with E-state index in [1.807, 2.05) is 0 Å². The standard InChI is InChI=1S/C8H8FNO.ClH/c1-5(11)8-6(9)3-2-4-7(8)10;/h2-4H,10H2,1H3;1H. The zero-order valence-electron chi connectivity index (χ0n) is 6.50. The summed E-state index contributed by atoms with van der Waals surface area (Å²) in [5, 5.41) is 0. The number of nitrogens with two attached hydrogens (primary N) is 1. The number of ketones is 1. The molecule has 0 aliphatic carbocycles. The van der Waals surface area contributed by atoms with E-state index < -0.39 is 5.82 Å². The van der Waals surface area contributed by atoms with Crippen LogP contribution in [0.2, 0.25) is 0 Å². The Morgan fingerprint density at radius 1 is 1.50 bits per heavy atom. The summed E-state index contributed by atoms with van der Waals surface area (Å²) in [4.78, 5) is 10.8. The molecule has 2 nitrogen and oxygen atoms in total. The highest BCUT2D eigenvalue weighted by atomic mass is 35.5. The molecule has 0 spiro atoms. The third-order valence-electron chi connectivity index (χ3n) is 1.40. The van der Waals surface area contributed by atoms with Gasteiger partial charge in [0.25, 0.3) is 0 Å². The van der Waals surface area contributed by atoms with Crippen molar-refractivity contribution >= 4 is 23.9 Å². The maximum atomic E-state index is 12.8. The summed E-state index contributed by atoms with van der Waals surface area (Å²) in [7, 11) is 0. The molecule has 0 saturated carbocycles. The van der Waals surface area contributed by atoms with Gasteiger partial charge in [-0.1, -0.05) is 6.07 Å². The maximum absolute atomic E-state index is 12.8. The Kier molecular flexibility index (Phi) is 3.70. The van der Waals surface area contributed by atoms with Crippen molar-refractivity contribution in [2.24, 2.45) is 0 Å². The fraction of sp³-hybridized carbons (Fsp3) is 0.125. The van der Waals surface area contributed by atoms with Crippen LogP contribution >= 0.6 is 12.4 Å². The molecule has 0 amide bonds. The molecule has 1 aromatic rings. The van der Waals surface area contributed by atoms with E-state index in [1.54, 1.807) is 0 Å². The summed E-state index contributed by atoms with van der Waals surface area (Å²) in [6.07, 6.45) is 0. The predicted molar refractivity (Wildman–Crippen MR) is 48.1 cm³/mol. The Labute approximate surface area is 76.0 Å². The number of anilines is 1. The first kappa shape index (κ1) is 10.9. The number of nitrogen functional groups attached to an aromatic ring is 1. The minimum absolute atomic E-state index is 0. The smallest absolute Gasteiger partial charge is 0.164 e. The van der Waals surface area contributed by atoms with Crippen molar-refractivity contribution in [2.45, 2.75) is 6.92 Å². The molecular formula is C8H9ClFNO. The molecule has 2 N–H and O–H groups in total. The fourth-order valence-corrected chi connectivity index (χ4v) is 0.912. The van der Waals surface area contributed by atoms with Gasteiger partial charge in [-0.05, 0) is 19.1 Å². The third kappa shape index (κ3) is 1.95. The zero-order valence-corrected chi connectivity index (χ0v) is 7.32. The lowest BCUT2D eigenvalue weighted by molar-refractivity contribution is 0.101. The summed E-state index contributed by atoms with van der Waals surface area (Å²) < 4.78 is 12.8. The van der Waals surface area contributed by atoms with Crippen LogP contribution in [0.25, 0.3) is 0 Å². The average molecular weight is 190 g/mol. The molecule has 0 aromatic heterocycles. The highest BCUT2D eigenvalue weighted by Gasteiger charge is 2.09. The van der Waals surface area contributed by atoms with Crippen LogP contribution in [-0.2, 0) is 0 Å². The first-order valence-electron chi connectivity index (χ1n) is 3.18. The summed E-state index contributed by atoms with van der Waals surface area (Å²) in [5.41, 5.74) is 5.53.